The van der Waals surface area contributed by atoms with Gasteiger partial charge in [0.1, 0.15) is 11.3 Å². The first-order valence-corrected chi connectivity index (χ1v) is 10.4. The average Bonchev–Trinajstić information content (AvgIpc) is 3.11. The van der Waals surface area contributed by atoms with Gasteiger partial charge in [-0.15, -0.1) is 0 Å². The van der Waals surface area contributed by atoms with Crippen molar-refractivity contribution >= 4 is 21.8 Å². The van der Waals surface area contributed by atoms with Gasteiger partial charge < -0.3 is 15.5 Å². The lowest BCUT2D eigenvalue weighted by Crippen LogP contribution is -2.04. The van der Waals surface area contributed by atoms with Crippen molar-refractivity contribution in [1.29, 1.82) is 0 Å². The van der Waals surface area contributed by atoms with Gasteiger partial charge in [-0.1, -0.05) is 6.07 Å². The number of alkyl halides is 3. The Kier molecular flexibility index (Phi) is 5.87. The molecule has 2 aromatic carbocycles. The second-order valence-corrected chi connectivity index (χ2v) is 7.43. The molecule has 3 N–H and O–H groups in total. The summed E-state index contributed by atoms with van der Waals surface area (Å²) in [6, 6.07) is 11.5. The molecule has 0 aliphatic rings. The molecule has 2 aromatic heterocycles. The quantitative estimate of drug-likeness (QED) is 0.351. The molecule has 31 heavy (non-hydrogen) atoms. The van der Waals surface area contributed by atoms with E-state index in [2.05, 4.69) is 9.97 Å². The minimum Gasteiger partial charge on any atom is -0.492 e. The maximum absolute atomic E-state index is 13.4. The monoisotopic (exact) mass is 427 g/mol. The summed E-state index contributed by atoms with van der Waals surface area (Å²) < 4.78 is 45.8. The van der Waals surface area contributed by atoms with E-state index in [1.807, 2.05) is 31.2 Å². The van der Waals surface area contributed by atoms with E-state index in [4.69, 9.17) is 10.5 Å². The number of rotatable bonds is 7. The molecular formula is C24H24F3N3O. The number of aryl methyl sites for hydroxylation is 1. The van der Waals surface area contributed by atoms with Crippen LogP contribution in [0.15, 0.2) is 48.7 Å². The van der Waals surface area contributed by atoms with E-state index in [9.17, 15) is 13.2 Å². The Hall–Kier alpha value is -3.06. The number of nitrogens with zero attached hydrogens (tertiary/aromatic N) is 1. The van der Waals surface area contributed by atoms with Crippen LogP contribution in [0.25, 0.3) is 33.1 Å². The predicted octanol–water partition coefficient (Wildman–Crippen LogP) is 6.08. The number of halogens is 3. The first kappa shape index (κ1) is 21.2. The zero-order chi connectivity index (χ0) is 22.0. The molecule has 7 heteroatoms. The summed E-state index contributed by atoms with van der Waals surface area (Å²) in [6.07, 6.45) is -0.465. The van der Waals surface area contributed by atoms with Crippen LogP contribution in [0.2, 0.25) is 0 Å². The smallest absolute Gasteiger partial charge is 0.416 e. The third kappa shape index (κ3) is 4.10. The summed E-state index contributed by atoms with van der Waals surface area (Å²) in [5.74, 6) is 0.682. The van der Waals surface area contributed by atoms with Crippen LogP contribution in [0, 0.1) is 0 Å². The van der Waals surface area contributed by atoms with Gasteiger partial charge in [0.25, 0.3) is 0 Å². The molecule has 0 aliphatic heterocycles. The largest absolute Gasteiger partial charge is 0.492 e. The van der Waals surface area contributed by atoms with Crippen molar-refractivity contribution in [2.24, 2.45) is 5.73 Å². The molecule has 2 heterocycles. The Balaban J connectivity index is 1.94. The first-order valence-electron chi connectivity index (χ1n) is 10.4. The van der Waals surface area contributed by atoms with E-state index in [0.29, 0.717) is 36.2 Å². The fourth-order valence-electron chi connectivity index (χ4n) is 4.00. The van der Waals surface area contributed by atoms with E-state index in [1.165, 1.54) is 12.1 Å². The van der Waals surface area contributed by atoms with Crippen molar-refractivity contribution in [3.05, 3.63) is 59.8 Å². The zero-order valence-corrected chi connectivity index (χ0v) is 17.2. The Bertz CT molecular complexity index is 1210. The number of fused-ring (bicyclic) bond motifs is 2. The van der Waals surface area contributed by atoms with Gasteiger partial charge in [0.05, 0.1) is 17.9 Å². The number of ether oxygens (including phenoxy) is 1. The molecule has 0 atom stereocenters. The van der Waals surface area contributed by atoms with Crippen molar-refractivity contribution in [3.63, 3.8) is 0 Å². The van der Waals surface area contributed by atoms with Crippen LogP contribution >= 0.6 is 0 Å². The van der Waals surface area contributed by atoms with Gasteiger partial charge in [0, 0.05) is 28.0 Å². The molecule has 0 saturated heterocycles. The van der Waals surface area contributed by atoms with Crippen LogP contribution in [0.1, 0.15) is 30.9 Å². The molecule has 0 bridgehead atoms. The lowest BCUT2D eigenvalue weighted by Gasteiger charge is -2.12. The van der Waals surface area contributed by atoms with Gasteiger partial charge in [-0.25, -0.2) is 0 Å². The molecule has 0 amide bonds. The molecule has 0 unspecified atom stereocenters. The summed E-state index contributed by atoms with van der Waals surface area (Å²) in [5, 5.41) is 1.48. The van der Waals surface area contributed by atoms with Gasteiger partial charge in [-0.2, -0.15) is 13.2 Å². The Morgan fingerprint density at radius 1 is 1.06 bits per heavy atom. The third-order valence-corrected chi connectivity index (χ3v) is 5.42. The zero-order valence-electron chi connectivity index (χ0n) is 17.2. The van der Waals surface area contributed by atoms with Crippen molar-refractivity contribution < 1.29 is 17.9 Å². The Morgan fingerprint density at radius 3 is 2.65 bits per heavy atom. The summed E-state index contributed by atoms with van der Waals surface area (Å²) in [7, 11) is 0. The standard InChI is InChI=1S/C24H24F3N3O/c1-2-31-21-11-9-18(16-7-5-13-29-23(16)21)22-17(6-3-4-12-28)19-14-15(24(25,26)27)8-10-20(19)30-22/h5,7-11,13-14,30H,2-4,6,12,28H2,1H3. The maximum atomic E-state index is 13.4. The highest BCUT2D eigenvalue weighted by Crippen LogP contribution is 2.39. The number of aromatic amines is 1. The van der Waals surface area contributed by atoms with E-state index in [0.717, 1.165) is 46.6 Å². The minimum atomic E-state index is -4.39. The maximum Gasteiger partial charge on any atom is 0.416 e. The van der Waals surface area contributed by atoms with Crippen LogP contribution in [-0.2, 0) is 12.6 Å². The van der Waals surface area contributed by atoms with Crippen LogP contribution in [0.4, 0.5) is 13.2 Å². The SMILES string of the molecule is CCOc1ccc(-c2[nH]c3ccc(C(F)(F)F)cc3c2CCCCN)c2cccnc12. The normalized spacial score (nSPS) is 12.0. The highest BCUT2D eigenvalue weighted by Gasteiger charge is 2.31. The summed E-state index contributed by atoms with van der Waals surface area (Å²) >= 11 is 0. The van der Waals surface area contributed by atoms with E-state index in [-0.39, 0.29) is 0 Å². The van der Waals surface area contributed by atoms with Gasteiger partial charge in [-0.05, 0) is 74.7 Å². The number of aromatic nitrogens is 2. The lowest BCUT2D eigenvalue weighted by molar-refractivity contribution is -0.137. The minimum absolute atomic E-state index is 0.516. The van der Waals surface area contributed by atoms with Crippen molar-refractivity contribution in [2.75, 3.05) is 13.2 Å². The Labute approximate surface area is 178 Å². The number of hydrogen-bond donors (Lipinski definition) is 2. The molecule has 0 aliphatic carbocycles. The third-order valence-electron chi connectivity index (χ3n) is 5.42. The van der Waals surface area contributed by atoms with Crippen LogP contribution in [0.3, 0.4) is 0 Å². The highest BCUT2D eigenvalue weighted by atomic mass is 19.4. The number of hydrogen-bond acceptors (Lipinski definition) is 3. The van der Waals surface area contributed by atoms with Crippen LogP contribution < -0.4 is 10.5 Å². The highest BCUT2D eigenvalue weighted by molar-refractivity contribution is 6.01. The molecule has 0 radical (unpaired) electrons. The van der Waals surface area contributed by atoms with Gasteiger partial charge in [0.15, 0.2) is 0 Å². The molecule has 162 valence electrons. The van der Waals surface area contributed by atoms with Crippen molar-refractivity contribution in [1.82, 2.24) is 9.97 Å². The van der Waals surface area contributed by atoms with Crippen molar-refractivity contribution in [3.8, 4) is 17.0 Å². The Morgan fingerprint density at radius 2 is 1.90 bits per heavy atom. The number of pyridine rings is 1. The van der Waals surface area contributed by atoms with Gasteiger partial charge in [-0.3, -0.25) is 4.98 Å². The predicted molar refractivity (Wildman–Crippen MR) is 117 cm³/mol. The number of nitrogens with two attached hydrogens (primary N) is 1. The van der Waals surface area contributed by atoms with Gasteiger partial charge >= 0.3 is 6.18 Å². The molecule has 4 nitrogen and oxygen atoms in total. The topological polar surface area (TPSA) is 63.9 Å². The molecule has 0 saturated carbocycles. The number of benzene rings is 2. The number of H-pyrrole nitrogens is 1. The molecule has 0 fully saturated rings. The fourth-order valence-corrected chi connectivity index (χ4v) is 4.00. The van der Waals surface area contributed by atoms with E-state index >= 15 is 0 Å². The first-order chi connectivity index (χ1) is 14.9. The van der Waals surface area contributed by atoms with E-state index in [1.54, 1.807) is 6.20 Å². The second-order valence-electron chi connectivity index (χ2n) is 7.43. The van der Waals surface area contributed by atoms with Crippen LogP contribution in [0.5, 0.6) is 5.75 Å². The summed E-state index contributed by atoms with van der Waals surface area (Å²) in [6.45, 7) is 2.97. The van der Waals surface area contributed by atoms with Crippen LogP contribution in [-0.4, -0.2) is 23.1 Å². The van der Waals surface area contributed by atoms with Crippen molar-refractivity contribution in [2.45, 2.75) is 32.4 Å². The lowest BCUT2D eigenvalue weighted by atomic mass is 9.97. The number of unbranched alkanes of at least 4 members (excludes halogenated alkanes) is 1. The molecular weight excluding hydrogens is 403 g/mol. The molecule has 0 spiro atoms. The van der Waals surface area contributed by atoms with Gasteiger partial charge in [0.2, 0.25) is 0 Å². The summed E-state index contributed by atoms with van der Waals surface area (Å²) in [5.41, 5.74) is 8.97. The average molecular weight is 427 g/mol. The second kappa shape index (κ2) is 8.59. The number of nitrogens with one attached hydrogen (secondary N) is 1. The summed E-state index contributed by atoms with van der Waals surface area (Å²) in [4.78, 5) is 7.85. The molecule has 4 aromatic rings. The molecule has 4 rings (SSSR count). The van der Waals surface area contributed by atoms with E-state index < -0.39 is 11.7 Å². The fraction of sp³-hybridized carbons (Fsp3) is 0.292.